The predicted molar refractivity (Wildman–Crippen MR) is 77.8 cm³/mol. The Kier molecular flexibility index (Phi) is 4.19. The van der Waals surface area contributed by atoms with E-state index in [2.05, 4.69) is 4.98 Å². The van der Waals surface area contributed by atoms with Crippen molar-refractivity contribution in [2.24, 2.45) is 5.73 Å². The Bertz CT molecular complexity index is 649. The highest BCUT2D eigenvalue weighted by atomic mass is 35.5. The van der Waals surface area contributed by atoms with Gasteiger partial charge < -0.3 is 11.5 Å². The van der Waals surface area contributed by atoms with E-state index >= 15 is 0 Å². The number of nitrogens with two attached hydrogens (primary N) is 2. The lowest BCUT2D eigenvalue weighted by Gasteiger charge is -2.07. The van der Waals surface area contributed by atoms with Gasteiger partial charge >= 0.3 is 0 Å². The van der Waals surface area contributed by atoms with Crippen molar-refractivity contribution >= 4 is 46.7 Å². The van der Waals surface area contributed by atoms with E-state index < -0.39 is 5.91 Å². The van der Waals surface area contributed by atoms with Crippen LogP contribution in [0.2, 0.25) is 10.0 Å². The van der Waals surface area contributed by atoms with Gasteiger partial charge in [-0.15, -0.1) is 0 Å². The van der Waals surface area contributed by atoms with E-state index in [1.54, 1.807) is 18.2 Å². The first-order valence-electron chi connectivity index (χ1n) is 5.15. The van der Waals surface area contributed by atoms with E-state index in [-0.39, 0.29) is 5.82 Å². The molecule has 98 valence electrons. The number of hydrogen-bond donors (Lipinski definition) is 2. The fraction of sp³-hybridized carbons (Fsp3) is 0. The molecule has 0 unspecified atom stereocenters. The van der Waals surface area contributed by atoms with E-state index in [1.165, 1.54) is 24.0 Å². The van der Waals surface area contributed by atoms with Crippen molar-refractivity contribution in [1.29, 1.82) is 0 Å². The van der Waals surface area contributed by atoms with Crippen LogP contribution in [0.15, 0.2) is 40.3 Å². The maximum atomic E-state index is 11.4. The number of aromatic nitrogens is 1. The fourth-order valence-electron chi connectivity index (χ4n) is 1.40. The highest BCUT2D eigenvalue weighted by molar-refractivity contribution is 7.99. The summed E-state index contributed by atoms with van der Waals surface area (Å²) in [6.07, 6.45) is 1.50. The molecule has 0 saturated heterocycles. The number of nitrogen functional groups attached to an aromatic ring is 1. The van der Waals surface area contributed by atoms with Crippen molar-refractivity contribution < 1.29 is 4.79 Å². The third kappa shape index (κ3) is 3.32. The monoisotopic (exact) mass is 313 g/mol. The van der Waals surface area contributed by atoms with Crippen LogP contribution in [0.1, 0.15) is 10.4 Å². The van der Waals surface area contributed by atoms with E-state index in [0.29, 0.717) is 20.5 Å². The molecule has 0 bridgehead atoms. The average Bonchev–Trinajstić information content (AvgIpc) is 2.36. The van der Waals surface area contributed by atoms with Crippen LogP contribution in [0.3, 0.4) is 0 Å². The van der Waals surface area contributed by atoms with Gasteiger partial charge in [0.1, 0.15) is 5.82 Å². The molecule has 0 fully saturated rings. The number of amides is 1. The van der Waals surface area contributed by atoms with Gasteiger partial charge in [0.15, 0.2) is 0 Å². The zero-order chi connectivity index (χ0) is 14.0. The van der Waals surface area contributed by atoms with Gasteiger partial charge in [0, 0.05) is 16.0 Å². The molecule has 7 heteroatoms. The zero-order valence-corrected chi connectivity index (χ0v) is 11.9. The number of nitrogens with zero attached hydrogens (tertiary/aromatic N) is 1. The Hall–Kier alpha value is -1.43. The van der Waals surface area contributed by atoms with Gasteiger partial charge in [-0.3, -0.25) is 4.79 Å². The molecule has 1 aromatic carbocycles. The van der Waals surface area contributed by atoms with Gasteiger partial charge in [-0.05, 0) is 24.3 Å². The number of rotatable bonds is 3. The molecule has 2 aromatic rings. The lowest BCUT2D eigenvalue weighted by atomic mass is 10.2. The van der Waals surface area contributed by atoms with E-state index in [0.717, 1.165) is 4.90 Å². The van der Waals surface area contributed by atoms with Gasteiger partial charge in [0.05, 0.1) is 15.6 Å². The molecule has 0 saturated carbocycles. The van der Waals surface area contributed by atoms with E-state index in [4.69, 9.17) is 34.7 Å². The molecule has 2 rings (SSSR count). The Morgan fingerprint density at radius 2 is 1.95 bits per heavy atom. The van der Waals surface area contributed by atoms with Crippen molar-refractivity contribution in [2.75, 3.05) is 5.73 Å². The third-order valence-corrected chi connectivity index (χ3v) is 4.05. The number of benzene rings is 1. The second-order valence-electron chi connectivity index (χ2n) is 3.65. The number of primary amides is 1. The summed E-state index contributed by atoms with van der Waals surface area (Å²) >= 11 is 13.1. The minimum absolute atomic E-state index is 0.243. The maximum absolute atomic E-state index is 11.4. The number of carbonyl (C=O) groups is 1. The van der Waals surface area contributed by atoms with Crippen LogP contribution in [0.25, 0.3) is 0 Å². The maximum Gasteiger partial charge on any atom is 0.250 e. The van der Waals surface area contributed by atoms with Gasteiger partial charge in [-0.2, -0.15) is 0 Å². The predicted octanol–water partition coefficient (Wildman–Crippen LogP) is 3.22. The molecule has 0 aliphatic rings. The van der Waals surface area contributed by atoms with Crippen molar-refractivity contribution in [2.45, 2.75) is 9.79 Å². The quantitative estimate of drug-likeness (QED) is 0.911. The lowest BCUT2D eigenvalue weighted by molar-refractivity contribution is 0.0997. The standard InChI is InChI=1S/C12H9Cl2N3OS/c13-8-2-1-6(3-9(8)14)19-10-5-17-11(15)4-7(10)12(16)18/h1-5H,(H2,15,17)(H2,16,18). The first kappa shape index (κ1) is 14.0. The Morgan fingerprint density at radius 1 is 1.21 bits per heavy atom. The molecule has 0 atom stereocenters. The van der Waals surface area contributed by atoms with Crippen molar-refractivity contribution in [1.82, 2.24) is 4.98 Å². The van der Waals surface area contributed by atoms with Crippen LogP contribution in [0.5, 0.6) is 0 Å². The minimum Gasteiger partial charge on any atom is -0.384 e. The smallest absolute Gasteiger partial charge is 0.250 e. The molecule has 4 nitrogen and oxygen atoms in total. The van der Waals surface area contributed by atoms with Crippen molar-refractivity contribution in [3.63, 3.8) is 0 Å². The van der Waals surface area contributed by atoms with Crippen LogP contribution in [0.4, 0.5) is 5.82 Å². The summed E-state index contributed by atoms with van der Waals surface area (Å²) in [7, 11) is 0. The summed E-state index contributed by atoms with van der Waals surface area (Å²) < 4.78 is 0. The van der Waals surface area contributed by atoms with E-state index in [9.17, 15) is 4.79 Å². The summed E-state index contributed by atoms with van der Waals surface area (Å²) in [4.78, 5) is 16.7. The van der Waals surface area contributed by atoms with Crippen molar-refractivity contribution in [3.05, 3.63) is 46.1 Å². The number of carbonyl (C=O) groups excluding carboxylic acids is 1. The van der Waals surface area contributed by atoms with Gasteiger partial charge in [0.25, 0.3) is 0 Å². The first-order valence-corrected chi connectivity index (χ1v) is 6.73. The average molecular weight is 314 g/mol. The molecule has 1 heterocycles. The number of halogens is 2. The van der Waals surface area contributed by atoms with Gasteiger partial charge in [-0.1, -0.05) is 35.0 Å². The van der Waals surface area contributed by atoms with Crippen LogP contribution in [-0.4, -0.2) is 10.9 Å². The third-order valence-electron chi connectivity index (χ3n) is 2.27. The van der Waals surface area contributed by atoms with Crippen LogP contribution in [0, 0.1) is 0 Å². The molecule has 1 amide bonds. The van der Waals surface area contributed by atoms with Crippen LogP contribution >= 0.6 is 35.0 Å². The Labute approximate surface area is 124 Å². The van der Waals surface area contributed by atoms with Crippen LogP contribution < -0.4 is 11.5 Å². The molecule has 19 heavy (non-hydrogen) atoms. The summed E-state index contributed by atoms with van der Waals surface area (Å²) in [5.74, 6) is -0.316. The summed E-state index contributed by atoms with van der Waals surface area (Å²) in [6, 6.07) is 6.62. The molecule has 0 aliphatic heterocycles. The molecular formula is C12H9Cl2N3OS. The molecular weight excluding hydrogens is 305 g/mol. The normalized spacial score (nSPS) is 10.4. The lowest BCUT2D eigenvalue weighted by Crippen LogP contribution is -2.13. The zero-order valence-electron chi connectivity index (χ0n) is 9.56. The number of anilines is 1. The van der Waals surface area contributed by atoms with Crippen molar-refractivity contribution in [3.8, 4) is 0 Å². The summed E-state index contributed by atoms with van der Waals surface area (Å²) in [5.41, 5.74) is 11.2. The summed E-state index contributed by atoms with van der Waals surface area (Å²) in [6.45, 7) is 0. The second kappa shape index (κ2) is 5.69. The Balaban J connectivity index is 2.37. The van der Waals surface area contributed by atoms with Crippen LogP contribution in [-0.2, 0) is 0 Å². The van der Waals surface area contributed by atoms with Gasteiger partial charge in [0.2, 0.25) is 5.91 Å². The highest BCUT2D eigenvalue weighted by Gasteiger charge is 2.11. The Morgan fingerprint density at radius 3 is 2.58 bits per heavy atom. The number of pyridine rings is 1. The molecule has 1 aromatic heterocycles. The first-order chi connectivity index (χ1) is 8.97. The molecule has 4 N–H and O–H groups in total. The molecule has 0 radical (unpaired) electrons. The fourth-order valence-corrected chi connectivity index (χ4v) is 2.70. The molecule has 0 spiro atoms. The van der Waals surface area contributed by atoms with E-state index in [1.807, 2.05) is 0 Å². The SMILES string of the molecule is NC(=O)c1cc(N)ncc1Sc1ccc(Cl)c(Cl)c1. The molecule has 0 aliphatic carbocycles. The topological polar surface area (TPSA) is 82.0 Å². The highest BCUT2D eigenvalue weighted by Crippen LogP contribution is 2.34. The minimum atomic E-state index is -0.559. The number of hydrogen-bond acceptors (Lipinski definition) is 4. The van der Waals surface area contributed by atoms with Gasteiger partial charge in [-0.25, -0.2) is 4.98 Å². The second-order valence-corrected chi connectivity index (χ2v) is 5.58. The largest absolute Gasteiger partial charge is 0.384 e. The summed E-state index contributed by atoms with van der Waals surface area (Å²) in [5, 5.41) is 0.910.